The lowest BCUT2D eigenvalue weighted by Gasteiger charge is -2.22. The smallest absolute Gasteiger partial charge is 0.313 e. The molecule has 16 heavy (non-hydrogen) atoms. The van der Waals surface area contributed by atoms with Crippen molar-refractivity contribution in [2.45, 2.75) is 32.8 Å². The van der Waals surface area contributed by atoms with E-state index in [1.54, 1.807) is 6.92 Å². The van der Waals surface area contributed by atoms with E-state index in [2.05, 4.69) is 0 Å². The number of ether oxygens (including phenoxy) is 2. The molecule has 2 atom stereocenters. The van der Waals surface area contributed by atoms with E-state index < -0.39 is 0 Å². The van der Waals surface area contributed by atoms with E-state index in [0.29, 0.717) is 6.61 Å². The molecule has 0 aliphatic heterocycles. The first-order chi connectivity index (χ1) is 7.60. The van der Waals surface area contributed by atoms with Crippen molar-refractivity contribution in [2.75, 3.05) is 6.61 Å². The van der Waals surface area contributed by atoms with E-state index >= 15 is 0 Å². The lowest BCUT2D eigenvalue weighted by atomic mass is 9.90. The van der Waals surface area contributed by atoms with Gasteiger partial charge in [-0.3, -0.25) is 9.59 Å². The van der Waals surface area contributed by atoms with Crippen molar-refractivity contribution in [1.82, 2.24) is 0 Å². The highest BCUT2D eigenvalue weighted by atomic mass is 16.5. The summed E-state index contributed by atoms with van der Waals surface area (Å²) < 4.78 is 10.2. The molecule has 0 saturated heterocycles. The largest absolute Gasteiger partial charge is 0.466 e. The zero-order valence-corrected chi connectivity index (χ0v) is 9.56. The molecule has 0 aromatic heterocycles. The minimum absolute atomic E-state index is 0.197. The molecule has 1 saturated carbocycles. The van der Waals surface area contributed by atoms with Crippen LogP contribution in [0.15, 0.2) is 12.2 Å². The Labute approximate surface area is 94.6 Å². The van der Waals surface area contributed by atoms with E-state index in [0.717, 1.165) is 12.8 Å². The van der Waals surface area contributed by atoms with Crippen molar-refractivity contribution in [3.05, 3.63) is 12.2 Å². The van der Waals surface area contributed by atoms with Crippen molar-refractivity contribution in [3.8, 4) is 0 Å². The molecule has 2 aliphatic rings. The predicted octanol–water partition coefficient (Wildman–Crippen LogP) is 1.45. The third kappa shape index (κ3) is 1.72. The molecule has 1 fully saturated rings. The zero-order valence-electron chi connectivity index (χ0n) is 9.56. The monoisotopic (exact) mass is 224 g/mol. The van der Waals surface area contributed by atoms with E-state index in [9.17, 15) is 9.59 Å². The highest BCUT2D eigenvalue weighted by Gasteiger charge is 2.60. The lowest BCUT2D eigenvalue weighted by Crippen LogP contribution is -2.31. The molecule has 2 unspecified atom stereocenters. The van der Waals surface area contributed by atoms with Crippen LogP contribution in [0, 0.1) is 11.3 Å². The van der Waals surface area contributed by atoms with E-state index in [4.69, 9.17) is 9.47 Å². The van der Waals surface area contributed by atoms with Crippen LogP contribution in [0.2, 0.25) is 0 Å². The van der Waals surface area contributed by atoms with Crippen molar-refractivity contribution >= 4 is 11.9 Å². The fourth-order valence-corrected chi connectivity index (χ4v) is 2.39. The maximum atomic E-state index is 11.7. The van der Waals surface area contributed by atoms with Gasteiger partial charge in [-0.2, -0.15) is 0 Å². The van der Waals surface area contributed by atoms with Gasteiger partial charge in [-0.25, -0.2) is 0 Å². The van der Waals surface area contributed by atoms with Gasteiger partial charge in [-0.1, -0.05) is 6.08 Å². The molecular formula is C12H16O4. The van der Waals surface area contributed by atoms with Gasteiger partial charge < -0.3 is 9.47 Å². The average Bonchev–Trinajstić information content (AvgIpc) is 2.89. The van der Waals surface area contributed by atoms with Gasteiger partial charge in [0, 0.05) is 12.3 Å². The second-order valence-corrected chi connectivity index (χ2v) is 4.38. The zero-order chi connectivity index (χ0) is 11.8. The fraction of sp³-hybridized carbons (Fsp3) is 0.667. The summed E-state index contributed by atoms with van der Waals surface area (Å²) in [7, 11) is 0. The topological polar surface area (TPSA) is 52.6 Å². The summed E-state index contributed by atoms with van der Waals surface area (Å²) >= 11 is 0. The SMILES string of the molecule is CCOC(=O)C1C=CC(OC(C)=O)C12CC2. The van der Waals surface area contributed by atoms with Gasteiger partial charge in [0.15, 0.2) is 0 Å². The third-order valence-corrected chi connectivity index (χ3v) is 3.33. The molecule has 0 N–H and O–H groups in total. The predicted molar refractivity (Wildman–Crippen MR) is 56.5 cm³/mol. The molecule has 88 valence electrons. The van der Waals surface area contributed by atoms with E-state index in [-0.39, 0.29) is 29.4 Å². The summed E-state index contributed by atoms with van der Waals surface area (Å²) in [6.45, 7) is 3.57. The van der Waals surface area contributed by atoms with Crippen LogP contribution in [0.1, 0.15) is 26.7 Å². The number of hydrogen-bond acceptors (Lipinski definition) is 4. The minimum Gasteiger partial charge on any atom is -0.466 e. The number of carbonyl (C=O) groups excluding carboxylic acids is 2. The number of rotatable bonds is 3. The van der Waals surface area contributed by atoms with Crippen molar-refractivity contribution < 1.29 is 19.1 Å². The number of carbonyl (C=O) groups is 2. The molecule has 0 aromatic carbocycles. The lowest BCUT2D eigenvalue weighted by molar-refractivity contribution is -0.155. The first-order valence-electron chi connectivity index (χ1n) is 5.62. The molecule has 0 bridgehead atoms. The maximum absolute atomic E-state index is 11.7. The van der Waals surface area contributed by atoms with Crippen LogP contribution in [0.25, 0.3) is 0 Å². The molecule has 4 nitrogen and oxygen atoms in total. The Morgan fingerprint density at radius 1 is 1.38 bits per heavy atom. The average molecular weight is 224 g/mol. The van der Waals surface area contributed by atoms with Gasteiger partial charge >= 0.3 is 11.9 Å². The molecule has 1 spiro atoms. The summed E-state index contributed by atoms with van der Waals surface area (Å²) in [5, 5.41) is 0. The minimum atomic E-state index is -0.301. The van der Waals surface area contributed by atoms with Crippen LogP contribution in [0.3, 0.4) is 0 Å². The Morgan fingerprint density at radius 2 is 2.06 bits per heavy atom. The second kappa shape index (κ2) is 3.92. The summed E-state index contributed by atoms with van der Waals surface area (Å²) in [6.07, 6.45) is 5.22. The van der Waals surface area contributed by atoms with Crippen LogP contribution in [-0.4, -0.2) is 24.6 Å². The molecule has 2 rings (SSSR count). The van der Waals surface area contributed by atoms with Crippen molar-refractivity contribution in [3.63, 3.8) is 0 Å². The Morgan fingerprint density at radius 3 is 2.56 bits per heavy atom. The van der Waals surface area contributed by atoms with E-state index in [1.165, 1.54) is 6.92 Å². The molecular weight excluding hydrogens is 208 g/mol. The second-order valence-electron chi connectivity index (χ2n) is 4.38. The van der Waals surface area contributed by atoms with Crippen LogP contribution in [0.5, 0.6) is 0 Å². The van der Waals surface area contributed by atoms with Crippen LogP contribution < -0.4 is 0 Å². The molecule has 0 heterocycles. The van der Waals surface area contributed by atoms with Gasteiger partial charge in [0.2, 0.25) is 0 Å². The summed E-state index contributed by atoms with van der Waals surface area (Å²) in [5.41, 5.74) is -0.197. The first kappa shape index (κ1) is 11.2. The van der Waals surface area contributed by atoms with Crippen LogP contribution in [-0.2, 0) is 19.1 Å². The molecule has 0 amide bonds. The Balaban J connectivity index is 2.07. The molecule has 4 heteroatoms. The van der Waals surface area contributed by atoms with Crippen molar-refractivity contribution in [2.24, 2.45) is 11.3 Å². The molecule has 0 radical (unpaired) electrons. The highest BCUT2D eigenvalue weighted by Crippen LogP contribution is 2.59. The van der Waals surface area contributed by atoms with Gasteiger partial charge in [0.05, 0.1) is 12.5 Å². The van der Waals surface area contributed by atoms with Gasteiger partial charge in [-0.15, -0.1) is 0 Å². The Kier molecular flexibility index (Phi) is 2.74. The number of esters is 2. The van der Waals surface area contributed by atoms with Crippen LogP contribution >= 0.6 is 0 Å². The van der Waals surface area contributed by atoms with Crippen molar-refractivity contribution in [1.29, 1.82) is 0 Å². The Bertz CT molecular complexity index is 341. The highest BCUT2D eigenvalue weighted by molar-refractivity contribution is 5.77. The van der Waals surface area contributed by atoms with Crippen LogP contribution in [0.4, 0.5) is 0 Å². The van der Waals surface area contributed by atoms with Gasteiger partial charge in [0.1, 0.15) is 6.10 Å². The molecule has 0 aromatic rings. The van der Waals surface area contributed by atoms with Gasteiger partial charge in [-0.05, 0) is 25.8 Å². The quantitative estimate of drug-likeness (QED) is 0.537. The third-order valence-electron chi connectivity index (χ3n) is 3.33. The summed E-state index contributed by atoms with van der Waals surface area (Å²) in [5.74, 6) is -0.742. The number of hydrogen-bond donors (Lipinski definition) is 0. The fourth-order valence-electron chi connectivity index (χ4n) is 2.39. The summed E-state index contributed by atoms with van der Waals surface area (Å²) in [6, 6.07) is 0. The van der Waals surface area contributed by atoms with Gasteiger partial charge in [0.25, 0.3) is 0 Å². The first-order valence-corrected chi connectivity index (χ1v) is 5.62. The summed E-state index contributed by atoms with van der Waals surface area (Å²) in [4.78, 5) is 22.7. The normalized spacial score (nSPS) is 29.1. The van der Waals surface area contributed by atoms with E-state index in [1.807, 2.05) is 12.2 Å². The molecule has 2 aliphatic carbocycles. The Hall–Kier alpha value is -1.32. The maximum Gasteiger partial charge on any atom is 0.313 e. The standard InChI is InChI=1S/C12H16O4/c1-3-15-11(14)9-4-5-10(16-8(2)13)12(9)6-7-12/h4-5,9-10H,3,6-7H2,1-2H3.